The quantitative estimate of drug-likeness (QED) is 0.854. The summed E-state index contributed by atoms with van der Waals surface area (Å²) in [6.07, 6.45) is 2.31. The topological polar surface area (TPSA) is 80.9 Å². The minimum atomic E-state index is -0.837. The number of carbonyl (C=O) groups is 1. The van der Waals surface area contributed by atoms with Gasteiger partial charge in [-0.3, -0.25) is 4.79 Å². The Balaban J connectivity index is 1.99. The Bertz CT molecular complexity index is 674. The van der Waals surface area contributed by atoms with E-state index in [4.69, 9.17) is 5.11 Å². The molecule has 3 rings (SSSR count). The van der Waals surface area contributed by atoms with E-state index in [-0.39, 0.29) is 5.75 Å². The number of nitrogens with zero attached hydrogens (tertiary/aromatic N) is 4. The lowest BCUT2D eigenvalue weighted by Gasteiger charge is -2.06. The van der Waals surface area contributed by atoms with E-state index in [1.54, 1.807) is 4.68 Å². The van der Waals surface area contributed by atoms with Gasteiger partial charge in [-0.1, -0.05) is 11.8 Å². The molecule has 2 aromatic rings. The maximum absolute atomic E-state index is 10.8. The third kappa shape index (κ3) is 3.24. The van der Waals surface area contributed by atoms with E-state index in [1.165, 1.54) is 11.8 Å². The van der Waals surface area contributed by atoms with E-state index in [0.717, 1.165) is 29.3 Å². The maximum Gasteiger partial charge on any atom is 0.313 e. The van der Waals surface area contributed by atoms with Gasteiger partial charge in [-0.15, -0.1) is 0 Å². The third-order valence-corrected chi connectivity index (χ3v) is 4.18. The first kappa shape index (κ1) is 14.1. The van der Waals surface area contributed by atoms with E-state index < -0.39 is 5.97 Å². The summed E-state index contributed by atoms with van der Waals surface area (Å²) in [6.45, 7) is 3.75. The molecule has 1 fully saturated rings. The zero-order valence-corrected chi connectivity index (χ0v) is 12.7. The highest BCUT2D eigenvalue weighted by Gasteiger charge is 2.28. The van der Waals surface area contributed by atoms with E-state index in [2.05, 4.69) is 15.1 Å². The van der Waals surface area contributed by atoms with Crippen LogP contribution in [0.5, 0.6) is 0 Å². The highest BCUT2D eigenvalue weighted by molar-refractivity contribution is 7.99. The summed E-state index contributed by atoms with van der Waals surface area (Å²) in [6, 6.07) is 3.85. The van der Waals surface area contributed by atoms with Crippen molar-refractivity contribution in [1.29, 1.82) is 0 Å². The lowest BCUT2D eigenvalue weighted by molar-refractivity contribution is -0.133. The number of rotatable bonds is 5. The average Bonchev–Trinajstić information content (AvgIpc) is 3.15. The lowest BCUT2D eigenvalue weighted by atomic mass is 10.3. The zero-order chi connectivity index (χ0) is 15.0. The van der Waals surface area contributed by atoms with E-state index in [9.17, 15) is 4.79 Å². The molecule has 0 amide bonds. The van der Waals surface area contributed by atoms with Crippen molar-refractivity contribution in [2.75, 3.05) is 5.75 Å². The molecular formula is C14H16N4O2S. The first-order valence-electron chi connectivity index (χ1n) is 6.80. The van der Waals surface area contributed by atoms with Gasteiger partial charge in [0.1, 0.15) is 10.9 Å². The molecule has 7 heteroatoms. The molecule has 0 saturated heterocycles. The Morgan fingerprint density at radius 1 is 1.38 bits per heavy atom. The van der Waals surface area contributed by atoms with Crippen LogP contribution in [-0.2, 0) is 4.79 Å². The molecular weight excluding hydrogens is 288 g/mol. The largest absolute Gasteiger partial charge is 0.481 e. The molecule has 0 bridgehead atoms. The van der Waals surface area contributed by atoms with Gasteiger partial charge >= 0.3 is 5.97 Å². The van der Waals surface area contributed by atoms with Crippen LogP contribution in [0, 0.1) is 13.8 Å². The van der Waals surface area contributed by atoms with Gasteiger partial charge in [-0.05, 0) is 32.8 Å². The Labute approximate surface area is 126 Å². The molecule has 0 aliphatic heterocycles. The number of aromatic nitrogens is 4. The van der Waals surface area contributed by atoms with Gasteiger partial charge < -0.3 is 5.11 Å². The minimum Gasteiger partial charge on any atom is -0.481 e. The predicted molar refractivity (Wildman–Crippen MR) is 79.0 cm³/mol. The van der Waals surface area contributed by atoms with Crippen molar-refractivity contribution < 1.29 is 9.90 Å². The summed E-state index contributed by atoms with van der Waals surface area (Å²) in [4.78, 5) is 19.5. The van der Waals surface area contributed by atoms with Crippen molar-refractivity contribution in [2.45, 2.75) is 37.6 Å². The standard InChI is InChI=1S/C14H16N4O2S/c1-8-5-12(16-9(2)15-8)18-13(21-7-14(19)20)6-11(17-18)10-3-4-10/h5-6,10H,3-4,7H2,1-2H3,(H,19,20). The molecule has 2 aromatic heterocycles. The first-order chi connectivity index (χ1) is 10.0. The molecule has 0 spiro atoms. The van der Waals surface area contributed by atoms with Crippen LogP contribution >= 0.6 is 11.8 Å². The summed E-state index contributed by atoms with van der Waals surface area (Å²) in [5.74, 6) is 1.07. The van der Waals surface area contributed by atoms with Gasteiger partial charge in [-0.2, -0.15) is 5.10 Å². The molecule has 0 atom stereocenters. The number of thioether (sulfide) groups is 1. The Morgan fingerprint density at radius 2 is 2.14 bits per heavy atom. The van der Waals surface area contributed by atoms with E-state index in [0.29, 0.717) is 17.6 Å². The van der Waals surface area contributed by atoms with Gasteiger partial charge in [0.05, 0.1) is 11.4 Å². The van der Waals surface area contributed by atoms with Crippen LogP contribution in [0.1, 0.15) is 36.0 Å². The molecule has 0 unspecified atom stereocenters. The zero-order valence-electron chi connectivity index (χ0n) is 11.9. The molecule has 1 N–H and O–H groups in total. The fraction of sp³-hybridized carbons (Fsp3) is 0.429. The van der Waals surface area contributed by atoms with Crippen molar-refractivity contribution in [1.82, 2.24) is 19.7 Å². The van der Waals surface area contributed by atoms with E-state index >= 15 is 0 Å². The second kappa shape index (κ2) is 5.48. The van der Waals surface area contributed by atoms with Crippen LogP contribution in [0.2, 0.25) is 0 Å². The van der Waals surface area contributed by atoms with Crippen LogP contribution in [0.25, 0.3) is 5.82 Å². The Hall–Kier alpha value is -1.89. The minimum absolute atomic E-state index is 0.0127. The van der Waals surface area contributed by atoms with Gasteiger partial charge in [0.25, 0.3) is 0 Å². The van der Waals surface area contributed by atoms with Gasteiger partial charge in [0, 0.05) is 17.7 Å². The van der Waals surface area contributed by atoms with Crippen LogP contribution in [0.15, 0.2) is 17.2 Å². The van der Waals surface area contributed by atoms with Gasteiger partial charge in [-0.25, -0.2) is 14.6 Å². The number of aliphatic carboxylic acids is 1. The van der Waals surface area contributed by atoms with Crippen molar-refractivity contribution in [3.63, 3.8) is 0 Å². The number of carboxylic acid groups (broad SMARTS) is 1. The molecule has 2 heterocycles. The fourth-order valence-electron chi connectivity index (χ4n) is 2.17. The summed E-state index contributed by atoms with van der Waals surface area (Å²) in [5.41, 5.74) is 1.90. The van der Waals surface area contributed by atoms with Crippen molar-refractivity contribution >= 4 is 17.7 Å². The van der Waals surface area contributed by atoms with E-state index in [1.807, 2.05) is 26.0 Å². The first-order valence-corrected chi connectivity index (χ1v) is 7.78. The van der Waals surface area contributed by atoms with Gasteiger partial charge in [0.15, 0.2) is 5.82 Å². The number of hydrogen-bond acceptors (Lipinski definition) is 5. The molecule has 21 heavy (non-hydrogen) atoms. The smallest absolute Gasteiger partial charge is 0.313 e. The normalized spacial score (nSPS) is 14.4. The van der Waals surface area contributed by atoms with Crippen LogP contribution in [0.4, 0.5) is 0 Å². The molecule has 1 aliphatic rings. The average molecular weight is 304 g/mol. The van der Waals surface area contributed by atoms with Crippen LogP contribution in [0.3, 0.4) is 0 Å². The van der Waals surface area contributed by atoms with Gasteiger partial charge in [0.2, 0.25) is 0 Å². The SMILES string of the molecule is Cc1cc(-n2nc(C3CC3)cc2SCC(=O)O)nc(C)n1. The number of aryl methyl sites for hydroxylation is 2. The molecule has 1 aliphatic carbocycles. The molecule has 0 aromatic carbocycles. The fourth-order valence-corrected chi connectivity index (χ4v) is 2.90. The summed E-state index contributed by atoms with van der Waals surface area (Å²) >= 11 is 1.27. The second-order valence-corrected chi connectivity index (χ2v) is 6.19. The number of hydrogen-bond donors (Lipinski definition) is 1. The molecule has 0 radical (unpaired) electrons. The van der Waals surface area contributed by atoms with Crippen LogP contribution in [-0.4, -0.2) is 36.6 Å². The van der Waals surface area contributed by atoms with Crippen LogP contribution < -0.4 is 0 Å². The Kier molecular flexibility index (Phi) is 3.67. The predicted octanol–water partition coefficient (Wildman–Crippen LogP) is 2.33. The third-order valence-electron chi connectivity index (χ3n) is 3.20. The maximum atomic E-state index is 10.8. The lowest BCUT2D eigenvalue weighted by Crippen LogP contribution is -2.06. The second-order valence-electron chi connectivity index (χ2n) is 5.19. The summed E-state index contributed by atoms with van der Waals surface area (Å²) < 4.78 is 1.74. The highest BCUT2D eigenvalue weighted by Crippen LogP contribution is 2.40. The summed E-state index contributed by atoms with van der Waals surface area (Å²) in [5, 5.41) is 14.3. The summed E-state index contributed by atoms with van der Waals surface area (Å²) in [7, 11) is 0. The molecule has 1 saturated carbocycles. The highest BCUT2D eigenvalue weighted by atomic mass is 32.2. The molecule has 110 valence electrons. The number of carboxylic acids is 1. The molecule has 6 nitrogen and oxygen atoms in total. The Morgan fingerprint density at radius 3 is 2.76 bits per heavy atom. The van der Waals surface area contributed by atoms with Crippen molar-refractivity contribution in [3.05, 3.63) is 29.3 Å². The monoisotopic (exact) mass is 304 g/mol. The van der Waals surface area contributed by atoms with Crippen molar-refractivity contribution in [3.8, 4) is 5.82 Å². The van der Waals surface area contributed by atoms with Crippen molar-refractivity contribution in [2.24, 2.45) is 0 Å².